The van der Waals surface area contributed by atoms with Crippen molar-refractivity contribution in [2.24, 2.45) is 5.92 Å². The smallest absolute Gasteiger partial charge is 0.311 e. The van der Waals surface area contributed by atoms with Crippen molar-refractivity contribution in [3.8, 4) is 11.5 Å². The molecule has 2 amide bonds. The second kappa shape index (κ2) is 9.97. The van der Waals surface area contributed by atoms with Gasteiger partial charge in [-0.1, -0.05) is 30.3 Å². The van der Waals surface area contributed by atoms with E-state index in [0.29, 0.717) is 17.2 Å². The lowest BCUT2D eigenvalue weighted by atomic mass is 10.1. The van der Waals surface area contributed by atoms with Crippen molar-refractivity contribution in [2.45, 2.75) is 19.4 Å². The normalized spacial score (nSPS) is 16.5. The van der Waals surface area contributed by atoms with Crippen LogP contribution in [0.2, 0.25) is 0 Å². The molecule has 1 N–H and O–H groups in total. The molecule has 1 heterocycles. The zero-order valence-electron chi connectivity index (χ0n) is 17.8. The third kappa shape index (κ3) is 5.33. The Morgan fingerprint density at radius 2 is 1.87 bits per heavy atom. The summed E-state index contributed by atoms with van der Waals surface area (Å²) in [5.41, 5.74) is 1.48. The molecule has 0 aliphatic carbocycles. The van der Waals surface area contributed by atoms with Gasteiger partial charge in [-0.3, -0.25) is 14.4 Å². The van der Waals surface area contributed by atoms with Crippen LogP contribution in [0.1, 0.15) is 24.9 Å². The fourth-order valence-corrected chi connectivity index (χ4v) is 3.47. The highest BCUT2D eigenvalue weighted by atomic mass is 16.5. The Balaban J connectivity index is 1.56. The van der Waals surface area contributed by atoms with Gasteiger partial charge >= 0.3 is 5.97 Å². The summed E-state index contributed by atoms with van der Waals surface area (Å²) in [6, 6.07) is 14.4. The molecule has 2 atom stereocenters. The second-order valence-electron chi connectivity index (χ2n) is 7.25. The number of rotatable bonds is 8. The van der Waals surface area contributed by atoms with Crippen molar-refractivity contribution >= 4 is 23.5 Å². The maximum Gasteiger partial charge on any atom is 0.311 e. The molecule has 2 aromatic carbocycles. The van der Waals surface area contributed by atoms with Crippen LogP contribution < -0.4 is 19.7 Å². The molecule has 2 aromatic rings. The van der Waals surface area contributed by atoms with Crippen molar-refractivity contribution in [1.82, 2.24) is 5.32 Å². The van der Waals surface area contributed by atoms with Crippen LogP contribution in [0.5, 0.6) is 11.5 Å². The standard InChI is InChI=1S/C23H26N2O6/c1-15(16-7-5-4-6-8-16)24-21(26)14-31-23(28)17-11-22(27)25(13-17)19-12-18(29-2)9-10-20(19)30-3/h4-10,12,15,17H,11,13-14H2,1-3H3,(H,24,26)/t15-,17+/m0/s1. The van der Waals surface area contributed by atoms with Crippen molar-refractivity contribution in [3.05, 3.63) is 54.1 Å². The largest absolute Gasteiger partial charge is 0.497 e. The topological polar surface area (TPSA) is 94.2 Å². The number of hydrogen-bond acceptors (Lipinski definition) is 6. The number of hydrogen-bond donors (Lipinski definition) is 1. The fraction of sp³-hybridized carbons (Fsp3) is 0.348. The van der Waals surface area contributed by atoms with Crippen LogP contribution in [0.15, 0.2) is 48.5 Å². The highest BCUT2D eigenvalue weighted by Crippen LogP contribution is 2.36. The Labute approximate surface area is 181 Å². The molecule has 1 saturated heterocycles. The van der Waals surface area contributed by atoms with Gasteiger partial charge in [-0.2, -0.15) is 0 Å². The number of carbonyl (C=O) groups is 3. The summed E-state index contributed by atoms with van der Waals surface area (Å²) >= 11 is 0. The first-order valence-corrected chi connectivity index (χ1v) is 9.96. The van der Waals surface area contributed by atoms with Gasteiger partial charge in [0.05, 0.1) is 31.9 Å². The lowest BCUT2D eigenvalue weighted by Crippen LogP contribution is -2.32. The number of carbonyl (C=O) groups excluding carboxylic acids is 3. The number of amides is 2. The summed E-state index contributed by atoms with van der Waals surface area (Å²) < 4.78 is 15.7. The van der Waals surface area contributed by atoms with E-state index in [2.05, 4.69) is 5.32 Å². The maximum atomic E-state index is 12.5. The first-order chi connectivity index (χ1) is 14.9. The molecule has 31 heavy (non-hydrogen) atoms. The molecule has 3 rings (SSSR count). The third-order valence-electron chi connectivity index (χ3n) is 5.16. The van der Waals surface area contributed by atoms with Gasteiger partial charge in [0.1, 0.15) is 11.5 Å². The zero-order valence-corrected chi connectivity index (χ0v) is 17.8. The van der Waals surface area contributed by atoms with Gasteiger partial charge in [-0.25, -0.2) is 0 Å². The molecule has 1 fully saturated rings. The van der Waals surface area contributed by atoms with Gasteiger partial charge in [-0.05, 0) is 24.6 Å². The fourth-order valence-electron chi connectivity index (χ4n) is 3.47. The van der Waals surface area contributed by atoms with E-state index in [1.54, 1.807) is 18.2 Å². The minimum Gasteiger partial charge on any atom is -0.497 e. The number of esters is 1. The molecular formula is C23H26N2O6. The minimum absolute atomic E-state index is 0.00122. The average Bonchev–Trinajstić information content (AvgIpc) is 3.19. The summed E-state index contributed by atoms with van der Waals surface area (Å²) in [6.07, 6.45) is 0.00122. The molecule has 0 spiro atoms. The van der Waals surface area contributed by atoms with E-state index in [-0.39, 0.29) is 24.9 Å². The molecule has 0 aromatic heterocycles. The zero-order chi connectivity index (χ0) is 22.4. The van der Waals surface area contributed by atoms with Crippen molar-refractivity contribution in [1.29, 1.82) is 0 Å². The molecule has 0 bridgehead atoms. The Hall–Kier alpha value is -3.55. The van der Waals surface area contributed by atoms with E-state index in [1.165, 1.54) is 19.1 Å². The number of methoxy groups -OCH3 is 2. The predicted molar refractivity (Wildman–Crippen MR) is 114 cm³/mol. The van der Waals surface area contributed by atoms with Crippen molar-refractivity contribution in [3.63, 3.8) is 0 Å². The lowest BCUT2D eigenvalue weighted by Gasteiger charge is -2.20. The lowest BCUT2D eigenvalue weighted by molar-refractivity contribution is -0.152. The van der Waals surface area contributed by atoms with Crippen LogP contribution in [0, 0.1) is 5.92 Å². The van der Waals surface area contributed by atoms with Crippen molar-refractivity contribution < 1.29 is 28.6 Å². The van der Waals surface area contributed by atoms with Gasteiger partial charge in [0, 0.05) is 19.0 Å². The van der Waals surface area contributed by atoms with Crippen LogP contribution in [0.3, 0.4) is 0 Å². The number of nitrogens with one attached hydrogen (secondary N) is 1. The second-order valence-corrected chi connectivity index (χ2v) is 7.25. The van der Waals surface area contributed by atoms with Gasteiger partial charge in [0.25, 0.3) is 5.91 Å². The number of ether oxygens (including phenoxy) is 3. The average molecular weight is 426 g/mol. The summed E-state index contributed by atoms with van der Waals surface area (Å²) in [6.45, 7) is 1.59. The molecular weight excluding hydrogens is 400 g/mol. The van der Waals surface area contributed by atoms with Gasteiger partial charge in [0.2, 0.25) is 5.91 Å². The molecule has 8 nitrogen and oxygen atoms in total. The van der Waals surface area contributed by atoms with Crippen LogP contribution in [0.4, 0.5) is 5.69 Å². The van der Waals surface area contributed by atoms with E-state index < -0.39 is 24.4 Å². The van der Waals surface area contributed by atoms with Crippen LogP contribution in [-0.4, -0.2) is 45.2 Å². The quantitative estimate of drug-likeness (QED) is 0.652. The van der Waals surface area contributed by atoms with Crippen LogP contribution >= 0.6 is 0 Å². The van der Waals surface area contributed by atoms with E-state index in [4.69, 9.17) is 14.2 Å². The summed E-state index contributed by atoms with van der Waals surface area (Å²) in [5, 5.41) is 2.79. The van der Waals surface area contributed by atoms with Gasteiger partial charge in [0.15, 0.2) is 6.61 Å². The Bertz CT molecular complexity index is 946. The SMILES string of the molecule is COc1ccc(OC)c(N2C[C@H](C(=O)OCC(=O)N[C@@H](C)c3ccccc3)CC2=O)c1. The molecule has 164 valence electrons. The highest BCUT2D eigenvalue weighted by Gasteiger charge is 2.37. The molecule has 1 aliphatic heterocycles. The number of benzene rings is 2. The Morgan fingerprint density at radius 1 is 1.13 bits per heavy atom. The molecule has 8 heteroatoms. The van der Waals surface area contributed by atoms with E-state index in [9.17, 15) is 14.4 Å². The van der Waals surface area contributed by atoms with Crippen LogP contribution in [0.25, 0.3) is 0 Å². The summed E-state index contributed by atoms with van der Waals surface area (Å²) in [7, 11) is 3.04. The first kappa shape index (κ1) is 22.1. The molecule has 0 radical (unpaired) electrons. The Morgan fingerprint density at radius 3 is 2.55 bits per heavy atom. The number of anilines is 1. The monoisotopic (exact) mass is 426 g/mol. The van der Waals surface area contributed by atoms with Gasteiger partial charge < -0.3 is 24.4 Å². The summed E-state index contributed by atoms with van der Waals surface area (Å²) in [4.78, 5) is 38.6. The molecule has 1 aliphatic rings. The third-order valence-corrected chi connectivity index (χ3v) is 5.16. The first-order valence-electron chi connectivity index (χ1n) is 9.96. The predicted octanol–water partition coefficient (Wildman–Crippen LogP) is 2.48. The van der Waals surface area contributed by atoms with E-state index in [1.807, 2.05) is 37.3 Å². The van der Waals surface area contributed by atoms with E-state index in [0.717, 1.165) is 5.56 Å². The van der Waals surface area contributed by atoms with E-state index >= 15 is 0 Å². The molecule has 0 unspecified atom stereocenters. The molecule has 0 saturated carbocycles. The number of nitrogens with zero attached hydrogens (tertiary/aromatic N) is 1. The minimum atomic E-state index is -0.664. The van der Waals surface area contributed by atoms with Crippen molar-refractivity contribution in [2.75, 3.05) is 32.3 Å². The summed E-state index contributed by atoms with van der Waals surface area (Å²) in [5.74, 6) is -0.810. The maximum absolute atomic E-state index is 12.5. The Kier molecular flexibility index (Phi) is 7.12. The highest BCUT2D eigenvalue weighted by molar-refractivity contribution is 6.01. The van der Waals surface area contributed by atoms with Gasteiger partial charge in [-0.15, -0.1) is 0 Å². The van der Waals surface area contributed by atoms with Crippen LogP contribution in [-0.2, 0) is 19.1 Å².